The first-order valence-electron chi connectivity index (χ1n) is 8.67. The van der Waals surface area contributed by atoms with Gasteiger partial charge in [0.15, 0.2) is 0 Å². The summed E-state index contributed by atoms with van der Waals surface area (Å²) in [7, 11) is 0. The van der Waals surface area contributed by atoms with Crippen LogP contribution in [0.1, 0.15) is 41.4 Å². The topological polar surface area (TPSA) is 107 Å². The molecule has 7 nitrogen and oxygen atoms in total. The van der Waals surface area contributed by atoms with Crippen LogP contribution in [0.2, 0.25) is 0 Å². The zero-order valence-corrected chi connectivity index (χ0v) is 14.9. The lowest BCUT2D eigenvalue weighted by molar-refractivity contribution is -0.254. The van der Waals surface area contributed by atoms with Gasteiger partial charge in [-0.05, 0) is 42.5 Å². The van der Waals surface area contributed by atoms with E-state index >= 15 is 0 Å². The minimum absolute atomic E-state index is 0.113. The van der Waals surface area contributed by atoms with Gasteiger partial charge in [0.2, 0.25) is 0 Å². The monoisotopic (exact) mass is 385 g/mol. The number of hydrogen-bond acceptors (Lipinski definition) is 5. The van der Waals surface area contributed by atoms with Crippen LogP contribution in [0.25, 0.3) is 0 Å². The van der Waals surface area contributed by atoms with Gasteiger partial charge >= 0.3 is 0 Å². The van der Waals surface area contributed by atoms with Gasteiger partial charge in [-0.3, -0.25) is 14.4 Å². The van der Waals surface area contributed by atoms with Gasteiger partial charge in [-0.25, -0.2) is 4.90 Å². The summed E-state index contributed by atoms with van der Waals surface area (Å²) in [5.74, 6) is -2.79. The van der Waals surface area contributed by atoms with E-state index in [1.165, 1.54) is 42.5 Å². The number of nitrogens with zero attached hydrogens (tertiary/aromatic N) is 1. The minimum Gasteiger partial charge on any atom is -0.545 e. The number of rotatable bonds is 4. The van der Waals surface area contributed by atoms with Gasteiger partial charge in [0.05, 0.1) is 28.5 Å². The molecule has 0 unspecified atom stereocenters. The molecular formula is C22H13N2O5-. The Morgan fingerprint density at radius 1 is 0.759 bits per heavy atom. The zero-order valence-electron chi connectivity index (χ0n) is 14.9. The number of fused-ring (bicyclic) bond motifs is 1. The molecule has 0 aliphatic carbocycles. The van der Waals surface area contributed by atoms with Crippen molar-refractivity contribution < 1.29 is 24.3 Å². The lowest BCUT2D eigenvalue weighted by Crippen LogP contribution is -2.29. The molecule has 1 heterocycles. The Morgan fingerprint density at radius 2 is 1.31 bits per heavy atom. The van der Waals surface area contributed by atoms with Crippen molar-refractivity contribution in [2.45, 2.75) is 0 Å². The van der Waals surface area contributed by atoms with Crippen LogP contribution >= 0.6 is 0 Å². The van der Waals surface area contributed by atoms with Gasteiger partial charge in [0.1, 0.15) is 0 Å². The maximum absolute atomic E-state index is 12.5. The molecule has 0 aromatic heterocycles. The fraction of sp³-hybridized carbons (Fsp3) is 0. The number of carboxylic acid groups (broad SMARTS) is 1. The third kappa shape index (κ3) is 3.14. The van der Waals surface area contributed by atoms with Gasteiger partial charge in [0, 0.05) is 11.1 Å². The van der Waals surface area contributed by atoms with Crippen LogP contribution in [0.4, 0.5) is 11.4 Å². The van der Waals surface area contributed by atoms with E-state index in [4.69, 9.17) is 0 Å². The van der Waals surface area contributed by atoms with Crippen molar-refractivity contribution in [1.29, 1.82) is 0 Å². The van der Waals surface area contributed by atoms with Crippen molar-refractivity contribution in [3.8, 4) is 0 Å². The number of carboxylic acids is 1. The number of carbonyl (C=O) groups is 4. The van der Waals surface area contributed by atoms with Crippen molar-refractivity contribution in [2.75, 3.05) is 10.2 Å². The van der Waals surface area contributed by atoms with Crippen LogP contribution in [0, 0.1) is 0 Å². The Labute approximate surface area is 165 Å². The molecule has 0 atom stereocenters. The second kappa shape index (κ2) is 7.05. The quantitative estimate of drug-likeness (QED) is 0.692. The Hall–Kier alpha value is -4.26. The fourth-order valence-corrected chi connectivity index (χ4v) is 3.15. The highest BCUT2D eigenvalue weighted by atomic mass is 16.4. The van der Waals surface area contributed by atoms with Crippen molar-refractivity contribution >= 4 is 35.1 Å². The number of carbonyl (C=O) groups excluding carboxylic acids is 4. The van der Waals surface area contributed by atoms with E-state index in [0.717, 1.165) is 4.90 Å². The predicted molar refractivity (Wildman–Crippen MR) is 103 cm³/mol. The summed E-state index contributed by atoms with van der Waals surface area (Å²) in [5.41, 5.74) is 1.21. The second-order valence-corrected chi connectivity index (χ2v) is 6.33. The summed E-state index contributed by atoms with van der Waals surface area (Å²) < 4.78 is 0. The number of nitrogens with one attached hydrogen (secondary N) is 1. The van der Waals surface area contributed by atoms with Crippen molar-refractivity contribution in [3.63, 3.8) is 0 Å². The Balaban J connectivity index is 1.56. The van der Waals surface area contributed by atoms with E-state index in [1.807, 2.05) is 0 Å². The molecule has 3 amide bonds. The number of hydrogen-bond donors (Lipinski definition) is 1. The molecule has 1 aliphatic rings. The van der Waals surface area contributed by atoms with Crippen molar-refractivity contribution in [1.82, 2.24) is 0 Å². The summed E-state index contributed by atoms with van der Waals surface area (Å²) in [4.78, 5) is 49.7. The maximum atomic E-state index is 12.5. The molecule has 3 aromatic carbocycles. The predicted octanol–water partition coefficient (Wildman–Crippen LogP) is 2.10. The lowest BCUT2D eigenvalue weighted by atomic mass is 10.1. The maximum Gasteiger partial charge on any atom is 0.266 e. The van der Waals surface area contributed by atoms with E-state index in [2.05, 4.69) is 5.32 Å². The number of imide groups is 1. The first kappa shape index (κ1) is 18.1. The van der Waals surface area contributed by atoms with E-state index in [9.17, 15) is 24.3 Å². The molecule has 1 aliphatic heterocycles. The molecule has 1 N–H and O–H groups in total. The zero-order chi connectivity index (χ0) is 20.5. The lowest BCUT2D eigenvalue weighted by Gasteiger charge is -2.15. The van der Waals surface area contributed by atoms with Crippen LogP contribution in [-0.2, 0) is 0 Å². The largest absolute Gasteiger partial charge is 0.545 e. The highest BCUT2D eigenvalue weighted by Gasteiger charge is 2.36. The third-order valence-corrected chi connectivity index (χ3v) is 4.58. The molecule has 0 bridgehead atoms. The number of benzene rings is 3. The summed E-state index contributed by atoms with van der Waals surface area (Å²) in [5, 5.41) is 13.7. The van der Waals surface area contributed by atoms with E-state index in [-0.39, 0.29) is 16.8 Å². The normalized spacial score (nSPS) is 12.6. The molecule has 7 heteroatoms. The highest BCUT2D eigenvalue weighted by Crippen LogP contribution is 2.28. The number of anilines is 2. The fourth-order valence-electron chi connectivity index (χ4n) is 3.15. The molecule has 0 saturated carbocycles. The van der Waals surface area contributed by atoms with E-state index in [1.54, 1.807) is 30.3 Å². The van der Waals surface area contributed by atoms with Crippen molar-refractivity contribution in [3.05, 3.63) is 95.1 Å². The second-order valence-electron chi connectivity index (χ2n) is 6.33. The van der Waals surface area contributed by atoms with Gasteiger partial charge in [-0.1, -0.05) is 30.3 Å². The van der Waals surface area contributed by atoms with Crippen LogP contribution in [0.3, 0.4) is 0 Å². The molecule has 0 spiro atoms. The van der Waals surface area contributed by atoms with Crippen LogP contribution in [-0.4, -0.2) is 23.7 Å². The smallest absolute Gasteiger partial charge is 0.266 e. The summed E-state index contributed by atoms with van der Waals surface area (Å²) in [6, 6.07) is 18.3. The molecule has 0 saturated heterocycles. The molecule has 0 fully saturated rings. The number of aromatic carboxylic acids is 1. The molecule has 3 aromatic rings. The van der Waals surface area contributed by atoms with E-state index in [0.29, 0.717) is 16.8 Å². The third-order valence-electron chi connectivity index (χ3n) is 4.58. The Bertz CT molecular complexity index is 1130. The summed E-state index contributed by atoms with van der Waals surface area (Å²) in [6.07, 6.45) is 0. The standard InChI is InChI=1S/C22H14N2O5/c25-19(23-18-8-4-3-7-17(18)22(28)29)13-9-11-14(12-10-13)24-20(26)15-5-1-2-6-16(15)21(24)27/h1-12H,(H,23,25)(H,28,29)/p-1. The van der Waals surface area contributed by atoms with Gasteiger partial charge in [0.25, 0.3) is 17.7 Å². The Kier molecular flexibility index (Phi) is 4.40. The van der Waals surface area contributed by atoms with Crippen LogP contribution in [0.5, 0.6) is 0 Å². The minimum atomic E-state index is -1.40. The Morgan fingerprint density at radius 3 is 1.90 bits per heavy atom. The summed E-state index contributed by atoms with van der Waals surface area (Å²) >= 11 is 0. The average Bonchev–Trinajstić information content (AvgIpc) is 2.99. The molecule has 29 heavy (non-hydrogen) atoms. The molecule has 142 valence electrons. The van der Waals surface area contributed by atoms with Crippen LogP contribution < -0.4 is 15.3 Å². The number of para-hydroxylation sites is 1. The number of amides is 3. The van der Waals surface area contributed by atoms with Gasteiger partial charge in [-0.15, -0.1) is 0 Å². The SMILES string of the molecule is O=C(Nc1ccccc1C(=O)[O-])c1ccc(N2C(=O)c3ccccc3C2=O)cc1. The molecular weight excluding hydrogens is 372 g/mol. The van der Waals surface area contributed by atoms with Gasteiger partial charge < -0.3 is 15.2 Å². The average molecular weight is 385 g/mol. The van der Waals surface area contributed by atoms with Crippen molar-refractivity contribution in [2.24, 2.45) is 0 Å². The van der Waals surface area contributed by atoms with Crippen LogP contribution in [0.15, 0.2) is 72.8 Å². The first-order valence-corrected chi connectivity index (χ1v) is 8.67. The van der Waals surface area contributed by atoms with E-state index < -0.39 is 23.7 Å². The molecule has 0 radical (unpaired) electrons. The molecule has 4 rings (SSSR count). The summed E-state index contributed by atoms with van der Waals surface area (Å²) in [6.45, 7) is 0. The van der Waals surface area contributed by atoms with Gasteiger partial charge in [-0.2, -0.15) is 0 Å². The highest BCUT2D eigenvalue weighted by molar-refractivity contribution is 6.34. The first-order chi connectivity index (χ1) is 14.0.